The minimum absolute atomic E-state index is 0.0802. The van der Waals surface area contributed by atoms with Crippen LogP contribution in [0.2, 0.25) is 5.02 Å². The molecular weight excluding hydrogens is 431 g/mol. The van der Waals surface area contributed by atoms with Crippen LogP contribution in [0.25, 0.3) is 6.08 Å². The van der Waals surface area contributed by atoms with Crippen molar-refractivity contribution in [1.82, 2.24) is 0 Å². The zero-order valence-corrected chi connectivity index (χ0v) is 18.0. The number of ether oxygens (including phenoxy) is 2. The van der Waals surface area contributed by atoms with E-state index in [1.165, 1.54) is 18.2 Å². The van der Waals surface area contributed by atoms with Crippen molar-refractivity contribution in [1.29, 1.82) is 5.26 Å². The fourth-order valence-corrected chi connectivity index (χ4v) is 3.07. The molecule has 0 saturated heterocycles. The summed E-state index contributed by atoms with van der Waals surface area (Å²) in [6.45, 7) is 2.58. The predicted octanol–water partition coefficient (Wildman–Crippen LogP) is 6.00. The molecule has 0 aromatic heterocycles. The second kappa shape index (κ2) is 11.0. The van der Waals surface area contributed by atoms with E-state index in [-0.39, 0.29) is 18.0 Å². The van der Waals surface area contributed by atoms with E-state index in [0.29, 0.717) is 39.9 Å². The monoisotopic (exact) mass is 450 g/mol. The van der Waals surface area contributed by atoms with Gasteiger partial charge in [0.05, 0.1) is 11.6 Å². The van der Waals surface area contributed by atoms with Crippen molar-refractivity contribution in [3.8, 4) is 17.6 Å². The van der Waals surface area contributed by atoms with Crippen LogP contribution in [0.5, 0.6) is 11.5 Å². The number of halogens is 2. The Balaban J connectivity index is 1.67. The molecule has 0 fully saturated rings. The van der Waals surface area contributed by atoms with Crippen molar-refractivity contribution in [2.75, 3.05) is 11.9 Å². The van der Waals surface area contributed by atoms with Crippen LogP contribution in [-0.2, 0) is 11.4 Å². The number of nitrogens with zero attached hydrogens (tertiary/aromatic N) is 1. The maximum absolute atomic E-state index is 13.3. The van der Waals surface area contributed by atoms with Crippen LogP contribution in [0.15, 0.2) is 72.3 Å². The van der Waals surface area contributed by atoms with Gasteiger partial charge in [-0.15, -0.1) is 0 Å². The number of benzene rings is 3. The zero-order valence-electron chi connectivity index (χ0n) is 17.3. The number of anilines is 1. The molecule has 0 radical (unpaired) electrons. The molecule has 3 rings (SSSR count). The van der Waals surface area contributed by atoms with Crippen molar-refractivity contribution < 1.29 is 18.7 Å². The minimum Gasteiger partial charge on any atom is -0.494 e. The average Bonchev–Trinajstić information content (AvgIpc) is 2.78. The van der Waals surface area contributed by atoms with E-state index in [0.717, 1.165) is 0 Å². The smallest absolute Gasteiger partial charge is 0.266 e. The summed E-state index contributed by atoms with van der Waals surface area (Å²) in [5.41, 5.74) is 1.69. The average molecular weight is 451 g/mol. The molecule has 0 aliphatic rings. The number of amides is 1. The van der Waals surface area contributed by atoms with Crippen molar-refractivity contribution in [3.05, 3.63) is 94.3 Å². The molecule has 32 heavy (non-hydrogen) atoms. The summed E-state index contributed by atoms with van der Waals surface area (Å²) in [7, 11) is 0. The van der Waals surface area contributed by atoms with Gasteiger partial charge in [0.2, 0.25) is 0 Å². The van der Waals surface area contributed by atoms with Gasteiger partial charge in [-0.3, -0.25) is 4.79 Å². The van der Waals surface area contributed by atoms with Crippen LogP contribution in [-0.4, -0.2) is 12.5 Å². The first-order valence-electron chi connectivity index (χ1n) is 9.81. The molecule has 0 aliphatic carbocycles. The van der Waals surface area contributed by atoms with Crippen molar-refractivity contribution >= 4 is 29.3 Å². The lowest BCUT2D eigenvalue weighted by Crippen LogP contribution is -2.13. The Bertz CT molecular complexity index is 1170. The van der Waals surface area contributed by atoms with Gasteiger partial charge < -0.3 is 14.8 Å². The van der Waals surface area contributed by atoms with Crippen LogP contribution < -0.4 is 14.8 Å². The van der Waals surface area contributed by atoms with E-state index in [4.69, 9.17) is 21.1 Å². The lowest BCUT2D eigenvalue weighted by Gasteiger charge is -2.09. The van der Waals surface area contributed by atoms with Crippen molar-refractivity contribution in [2.45, 2.75) is 13.5 Å². The Morgan fingerprint density at radius 1 is 1.12 bits per heavy atom. The van der Waals surface area contributed by atoms with Gasteiger partial charge in [0.1, 0.15) is 35.6 Å². The molecule has 0 aliphatic heterocycles. The number of rotatable bonds is 8. The Kier molecular flexibility index (Phi) is 7.85. The molecule has 1 amide bonds. The molecule has 1 N–H and O–H groups in total. The van der Waals surface area contributed by atoms with E-state index in [1.54, 1.807) is 54.6 Å². The van der Waals surface area contributed by atoms with Gasteiger partial charge in [-0.25, -0.2) is 4.39 Å². The lowest BCUT2D eigenvalue weighted by molar-refractivity contribution is -0.112. The van der Waals surface area contributed by atoms with Crippen LogP contribution >= 0.6 is 11.6 Å². The number of hydrogen-bond acceptors (Lipinski definition) is 4. The van der Waals surface area contributed by atoms with Crippen LogP contribution in [0.1, 0.15) is 18.1 Å². The predicted molar refractivity (Wildman–Crippen MR) is 122 cm³/mol. The molecule has 162 valence electrons. The van der Waals surface area contributed by atoms with Gasteiger partial charge in [0.25, 0.3) is 5.91 Å². The summed E-state index contributed by atoms with van der Waals surface area (Å²) in [6, 6.07) is 19.7. The van der Waals surface area contributed by atoms with Gasteiger partial charge in [0, 0.05) is 5.69 Å². The van der Waals surface area contributed by atoms with Gasteiger partial charge in [0.15, 0.2) is 0 Å². The highest BCUT2D eigenvalue weighted by Crippen LogP contribution is 2.27. The molecule has 0 atom stereocenters. The SMILES string of the molecule is CCOc1ccc(NC(=O)/C(C#N)=C/c2ccc(OCc3cccc(F)c3)c(Cl)c2)cc1. The van der Waals surface area contributed by atoms with E-state index in [9.17, 15) is 14.4 Å². The summed E-state index contributed by atoms with van der Waals surface area (Å²) >= 11 is 6.28. The standard InChI is InChI=1S/C25H20ClFN2O3/c1-2-31-22-9-7-21(8-10-22)29-25(30)19(15-28)12-17-6-11-24(23(26)14-17)32-16-18-4-3-5-20(27)13-18/h3-14H,2,16H2,1H3,(H,29,30)/b19-12+. The van der Waals surface area contributed by atoms with Gasteiger partial charge in [-0.05, 0) is 72.7 Å². The van der Waals surface area contributed by atoms with Crippen LogP contribution in [0.3, 0.4) is 0 Å². The van der Waals surface area contributed by atoms with Crippen LogP contribution in [0, 0.1) is 17.1 Å². The third-order valence-electron chi connectivity index (χ3n) is 4.34. The lowest BCUT2D eigenvalue weighted by atomic mass is 10.1. The molecule has 3 aromatic carbocycles. The Morgan fingerprint density at radius 3 is 2.56 bits per heavy atom. The minimum atomic E-state index is -0.542. The molecule has 0 saturated carbocycles. The highest BCUT2D eigenvalue weighted by atomic mass is 35.5. The highest BCUT2D eigenvalue weighted by molar-refractivity contribution is 6.32. The number of hydrogen-bond donors (Lipinski definition) is 1. The van der Waals surface area contributed by atoms with E-state index in [2.05, 4.69) is 5.32 Å². The van der Waals surface area contributed by atoms with Crippen LogP contribution in [0.4, 0.5) is 10.1 Å². The maximum Gasteiger partial charge on any atom is 0.266 e. The Hall–Kier alpha value is -3.82. The second-order valence-corrected chi connectivity index (χ2v) is 7.10. The summed E-state index contributed by atoms with van der Waals surface area (Å²) in [6.07, 6.45) is 1.44. The molecule has 5 nitrogen and oxygen atoms in total. The number of nitriles is 1. The molecule has 7 heteroatoms. The van der Waals surface area contributed by atoms with E-state index < -0.39 is 5.91 Å². The normalized spacial score (nSPS) is 10.9. The fourth-order valence-electron chi connectivity index (χ4n) is 2.83. The third-order valence-corrected chi connectivity index (χ3v) is 4.63. The summed E-state index contributed by atoms with van der Waals surface area (Å²) in [4.78, 5) is 12.5. The largest absolute Gasteiger partial charge is 0.494 e. The molecule has 3 aromatic rings. The van der Waals surface area contributed by atoms with Crippen molar-refractivity contribution in [3.63, 3.8) is 0 Å². The highest BCUT2D eigenvalue weighted by Gasteiger charge is 2.11. The Labute approximate surface area is 190 Å². The van der Waals surface area contributed by atoms with Gasteiger partial charge in [-0.1, -0.05) is 29.8 Å². The molecule has 0 bridgehead atoms. The Morgan fingerprint density at radius 2 is 1.91 bits per heavy atom. The first-order chi connectivity index (χ1) is 15.5. The van der Waals surface area contributed by atoms with Gasteiger partial charge >= 0.3 is 0 Å². The first-order valence-corrected chi connectivity index (χ1v) is 10.2. The molecule has 0 unspecified atom stereocenters. The number of nitrogens with one attached hydrogen (secondary N) is 1. The van der Waals surface area contributed by atoms with Gasteiger partial charge in [-0.2, -0.15) is 5.26 Å². The van der Waals surface area contributed by atoms with Crippen molar-refractivity contribution in [2.24, 2.45) is 0 Å². The molecular formula is C25H20ClFN2O3. The second-order valence-electron chi connectivity index (χ2n) is 6.69. The maximum atomic E-state index is 13.3. The number of carbonyl (C=O) groups excluding carboxylic acids is 1. The fraction of sp³-hybridized carbons (Fsp3) is 0.120. The summed E-state index contributed by atoms with van der Waals surface area (Å²) < 4.78 is 24.3. The van der Waals surface area contributed by atoms with E-state index in [1.807, 2.05) is 13.0 Å². The van der Waals surface area contributed by atoms with E-state index >= 15 is 0 Å². The first kappa shape index (κ1) is 22.9. The summed E-state index contributed by atoms with van der Waals surface area (Å²) in [5.74, 6) is 0.214. The molecule has 0 spiro atoms. The quantitative estimate of drug-likeness (QED) is 0.337. The molecule has 0 heterocycles. The zero-order chi connectivity index (χ0) is 22.9. The topological polar surface area (TPSA) is 71.3 Å². The number of carbonyl (C=O) groups is 1. The summed E-state index contributed by atoms with van der Waals surface area (Å²) in [5, 5.41) is 12.4. The third kappa shape index (κ3) is 6.34.